The van der Waals surface area contributed by atoms with Gasteiger partial charge in [0.1, 0.15) is 5.82 Å². The van der Waals surface area contributed by atoms with Gasteiger partial charge in [-0.05, 0) is 50.1 Å². The summed E-state index contributed by atoms with van der Waals surface area (Å²) in [6, 6.07) is 10.9. The van der Waals surface area contributed by atoms with Crippen LogP contribution in [0.2, 0.25) is 5.02 Å². The number of halogens is 2. The molecule has 0 aliphatic heterocycles. The molecule has 0 aliphatic rings. The van der Waals surface area contributed by atoms with Gasteiger partial charge in [-0.1, -0.05) is 48.4 Å². The normalized spacial score (nSPS) is 12.4. The molecule has 0 fully saturated rings. The molecule has 0 amide bonds. The van der Waals surface area contributed by atoms with Gasteiger partial charge >= 0.3 is 0 Å². The summed E-state index contributed by atoms with van der Waals surface area (Å²) in [4.78, 5) is 0. The van der Waals surface area contributed by atoms with Gasteiger partial charge in [-0.3, -0.25) is 0 Å². The van der Waals surface area contributed by atoms with Crippen molar-refractivity contribution >= 4 is 11.6 Å². The smallest absolute Gasteiger partial charge is 0.129 e. The third-order valence-electron chi connectivity index (χ3n) is 3.63. The zero-order chi connectivity index (χ0) is 15.4. The van der Waals surface area contributed by atoms with Gasteiger partial charge in [0, 0.05) is 10.6 Å². The van der Waals surface area contributed by atoms with E-state index in [4.69, 9.17) is 11.6 Å². The van der Waals surface area contributed by atoms with Gasteiger partial charge in [0.05, 0.1) is 6.04 Å². The third-order valence-corrected chi connectivity index (χ3v) is 3.96. The molecule has 0 spiro atoms. The highest BCUT2D eigenvalue weighted by Crippen LogP contribution is 2.32. The van der Waals surface area contributed by atoms with E-state index in [1.165, 1.54) is 6.07 Å². The molecule has 2 rings (SSSR count). The first-order valence-corrected chi connectivity index (χ1v) is 7.66. The molecule has 0 radical (unpaired) electrons. The Balaban J connectivity index is 2.55. The number of aryl methyl sites for hydroxylation is 2. The van der Waals surface area contributed by atoms with Crippen LogP contribution in [0.25, 0.3) is 0 Å². The highest BCUT2D eigenvalue weighted by molar-refractivity contribution is 6.31. The molecule has 0 aliphatic carbocycles. The van der Waals surface area contributed by atoms with Crippen LogP contribution in [0.4, 0.5) is 4.39 Å². The number of hydrogen-bond acceptors (Lipinski definition) is 1. The van der Waals surface area contributed by atoms with Gasteiger partial charge in [-0.15, -0.1) is 0 Å². The van der Waals surface area contributed by atoms with Crippen LogP contribution < -0.4 is 5.32 Å². The van der Waals surface area contributed by atoms with E-state index in [2.05, 4.69) is 30.4 Å². The minimum Gasteiger partial charge on any atom is -0.306 e. The molecule has 112 valence electrons. The van der Waals surface area contributed by atoms with Crippen molar-refractivity contribution in [3.8, 4) is 0 Å². The second-order valence-corrected chi connectivity index (χ2v) is 5.79. The summed E-state index contributed by atoms with van der Waals surface area (Å²) < 4.78 is 14.3. The third kappa shape index (κ3) is 3.63. The van der Waals surface area contributed by atoms with E-state index in [0.29, 0.717) is 10.6 Å². The molecule has 1 unspecified atom stereocenters. The highest BCUT2D eigenvalue weighted by Gasteiger charge is 2.21. The molecule has 0 saturated heterocycles. The number of rotatable bonds is 5. The Labute approximate surface area is 131 Å². The molecule has 1 N–H and O–H groups in total. The summed E-state index contributed by atoms with van der Waals surface area (Å²) in [5, 5.41) is 3.89. The summed E-state index contributed by atoms with van der Waals surface area (Å²) >= 11 is 6.27. The molecule has 0 saturated carbocycles. The average Bonchev–Trinajstić information content (AvgIpc) is 2.45. The molecule has 0 heterocycles. The first-order chi connectivity index (χ1) is 10.0. The van der Waals surface area contributed by atoms with Crippen molar-refractivity contribution < 1.29 is 4.39 Å². The van der Waals surface area contributed by atoms with Gasteiger partial charge in [-0.2, -0.15) is 0 Å². The van der Waals surface area contributed by atoms with Crippen molar-refractivity contribution in [1.29, 1.82) is 0 Å². The van der Waals surface area contributed by atoms with Crippen LogP contribution >= 0.6 is 11.6 Å². The second kappa shape index (κ2) is 7.06. The molecular weight excluding hydrogens is 285 g/mol. The molecule has 0 bridgehead atoms. The van der Waals surface area contributed by atoms with E-state index in [-0.39, 0.29) is 11.9 Å². The van der Waals surface area contributed by atoms with Crippen LogP contribution in [0.15, 0.2) is 36.4 Å². The van der Waals surface area contributed by atoms with Crippen molar-refractivity contribution in [3.05, 3.63) is 69.5 Å². The van der Waals surface area contributed by atoms with Gasteiger partial charge < -0.3 is 5.32 Å². The SMILES string of the molecule is CCCNC(c1cc(C)ccc1C)c1c(F)cccc1Cl. The van der Waals surface area contributed by atoms with E-state index in [1.54, 1.807) is 12.1 Å². The van der Waals surface area contributed by atoms with Crippen LogP contribution in [-0.4, -0.2) is 6.54 Å². The van der Waals surface area contributed by atoms with Crippen molar-refractivity contribution in [2.24, 2.45) is 0 Å². The molecule has 2 aromatic rings. The Bertz CT molecular complexity index is 604. The maximum Gasteiger partial charge on any atom is 0.129 e. The number of benzene rings is 2. The molecule has 1 nitrogen and oxygen atoms in total. The first kappa shape index (κ1) is 16.0. The minimum atomic E-state index is -0.267. The van der Waals surface area contributed by atoms with Crippen molar-refractivity contribution in [2.75, 3.05) is 6.54 Å². The predicted octanol–water partition coefficient (Wildman–Crippen LogP) is 5.18. The van der Waals surface area contributed by atoms with Gasteiger partial charge in [-0.25, -0.2) is 4.39 Å². The largest absolute Gasteiger partial charge is 0.306 e. The Morgan fingerprint density at radius 3 is 2.62 bits per heavy atom. The Morgan fingerprint density at radius 1 is 1.19 bits per heavy atom. The fourth-order valence-electron chi connectivity index (χ4n) is 2.51. The van der Waals surface area contributed by atoms with Crippen LogP contribution in [0.1, 0.15) is 41.6 Å². The Kier molecular flexibility index (Phi) is 5.38. The lowest BCUT2D eigenvalue weighted by molar-refractivity contribution is 0.545. The molecule has 3 heteroatoms. The molecule has 1 atom stereocenters. The maximum atomic E-state index is 14.3. The Hall–Kier alpha value is -1.38. The van der Waals surface area contributed by atoms with Crippen LogP contribution in [-0.2, 0) is 0 Å². The lowest BCUT2D eigenvalue weighted by atomic mass is 9.93. The summed E-state index contributed by atoms with van der Waals surface area (Å²) in [6.07, 6.45) is 0.980. The predicted molar refractivity (Wildman–Crippen MR) is 87.5 cm³/mol. The summed E-state index contributed by atoms with van der Waals surface area (Å²) in [5.41, 5.74) is 3.90. The van der Waals surface area contributed by atoms with Gasteiger partial charge in [0.25, 0.3) is 0 Å². The van der Waals surface area contributed by atoms with E-state index in [9.17, 15) is 4.39 Å². The van der Waals surface area contributed by atoms with Crippen molar-refractivity contribution in [1.82, 2.24) is 5.32 Å². The van der Waals surface area contributed by atoms with Crippen LogP contribution in [0.3, 0.4) is 0 Å². The zero-order valence-corrected chi connectivity index (χ0v) is 13.5. The average molecular weight is 306 g/mol. The van der Waals surface area contributed by atoms with Crippen molar-refractivity contribution in [3.63, 3.8) is 0 Å². The maximum absolute atomic E-state index is 14.3. The fraction of sp³-hybridized carbons (Fsp3) is 0.333. The molecular formula is C18H21ClFN. The van der Waals surface area contributed by atoms with E-state index in [0.717, 1.165) is 29.7 Å². The lowest BCUT2D eigenvalue weighted by Gasteiger charge is -2.23. The highest BCUT2D eigenvalue weighted by atomic mass is 35.5. The molecule has 0 aromatic heterocycles. The summed E-state index contributed by atoms with van der Waals surface area (Å²) in [6.45, 7) is 6.99. The standard InChI is InChI=1S/C18H21ClFN/c1-4-10-21-18(14-11-12(2)8-9-13(14)3)17-15(19)6-5-7-16(17)20/h5-9,11,18,21H,4,10H2,1-3H3. The monoisotopic (exact) mass is 305 g/mol. The van der Waals surface area contributed by atoms with Crippen LogP contribution in [0, 0.1) is 19.7 Å². The van der Waals surface area contributed by atoms with E-state index in [1.807, 2.05) is 13.8 Å². The first-order valence-electron chi connectivity index (χ1n) is 7.29. The number of hydrogen-bond donors (Lipinski definition) is 1. The van der Waals surface area contributed by atoms with Gasteiger partial charge in [0.2, 0.25) is 0 Å². The van der Waals surface area contributed by atoms with Crippen LogP contribution in [0.5, 0.6) is 0 Å². The quantitative estimate of drug-likeness (QED) is 0.802. The topological polar surface area (TPSA) is 12.0 Å². The minimum absolute atomic E-state index is 0.224. The van der Waals surface area contributed by atoms with Gasteiger partial charge in [0.15, 0.2) is 0 Å². The zero-order valence-electron chi connectivity index (χ0n) is 12.7. The fourth-order valence-corrected chi connectivity index (χ4v) is 2.79. The molecule has 21 heavy (non-hydrogen) atoms. The number of nitrogens with one attached hydrogen (secondary N) is 1. The Morgan fingerprint density at radius 2 is 1.95 bits per heavy atom. The van der Waals surface area contributed by atoms with E-state index >= 15 is 0 Å². The molecule has 2 aromatic carbocycles. The summed E-state index contributed by atoms with van der Waals surface area (Å²) in [7, 11) is 0. The second-order valence-electron chi connectivity index (χ2n) is 5.38. The van der Waals surface area contributed by atoms with E-state index < -0.39 is 0 Å². The summed E-state index contributed by atoms with van der Waals surface area (Å²) in [5.74, 6) is -0.267. The van der Waals surface area contributed by atoms with Crippen molar-refractivity contribution in [2.45, 2.75) is 33.2 Å². The lowest BCUT2D eigenvalue weighted by Crippen LogP contribution is -2.25.